The molecule has 1 N–H and O–H groups in total. The number of halogens is 1. The Labute approximate surface area is 97.5 Å². The number of hydrogen-bond acceptors (Lipinski definition) is 2. The number of nitrogens with one attached hydrogen (secondary N) is 1. The fraction of sp³-hybridized carbons (Fsp3) is 0.0833. The lowest BCUT2D eigenvalue weighted by atomic mass is 10.0. The highest BCUT2D eigenvalue weighted by Gasteiger charge is 2.14. The zero-order valence-electron chi connectivity index (χ0n) is 8.15. The first-order chi connectivity index (χ1) is 7.31. The van der Waals surface area contributed by atoms with E-state index in [0.29, 0.717) is 0 Å². The van der Waals surface area contributed by atoms with Gasteiger partial charge in [0.15, 0.2) is 0 Å². The highest BCUT2D eigenvalue weighted by Crippen LogP contribution is 2.30. The average Bonchev–Trinajstić information content (AvgIpc) is 2.30. The maximum Gasteiger partial charge on any atom is 0.109 e. The predicted octanol–water partition coefficient (Wildman–Crippen LogP) is 3.24. The van der Waals surface area contributed by atoms with Crippen LogP contribution in [0.3, 0.4) is 0 Å². The molecule has 0 aliphatic carbocycles. The maximum absolute atomic E-state index is 4.36. The van der Waals surface area contributed by atoms with Crippen LogP contribution in [0.25, 0.3) is 6.08 Å². The number of aliphatic imine (C=N–C) groups is 1. The van der Waals surface area contributed by atoms with E-state index in [9.17, 15) is 0 Å². The molecule has 2 nitrogen and oxygen atoms in total. The second-order valence-corrected chi connectivity index (χ2v) is 4.16. The van der Waals surface area contributed by atoms with Crippen LogP contribution in [0.5, 0.6) is 0 Å². The molecule has 1 heterocycles. The summed E-state index contributed by atoms with van der Waals surface area (Å²) in [6.45, 7) is 3.73. The lowest BCUT2D eigenvalue weighted by molar-refractivity contribution is 0.873. The van der Waals surface area contributed by atoms with E-state index >= 15 is 0 Å². The van der Waals surface area contributed by atoms with Gasteiger partial charge in [0.25, 0.3) is 0 Å². The SMILES string of the molecule is C=Cc1ccc(C2N=CNC=C2Br)cc1. The first-order valence-electron chi connectivity index (χ1n) is 4.67. The van der Waals surface area contributed by atoms with Crippen LogP contribution in [0.1, 0.15) is 17.2 Å². The van der Waals surface area contributed by atoms with Gasteiger partial charge >= 0.3 is 0 Å². The topological polar surface area (TPSA) is 24.4 Å². The summed E-state index contributed by atoms with van der Waals surface area (Å²) in [4.78, 5) is 4.36. The average molecular weight is 263 g/mol. The second-order valence-electron chi connectivity index (χ2n) is 3.25. The first-order valence-corrected chi connectivity index (χ1v) is 5.46. The molecule has 15 heavy (non-hydrogen) atoms. The Bertz CT molecular complexity index is 418. The number of rotatable bonds is 2. The van der Waals surface area contributed by atoms with Gasteiger partial charge in [0, 0.05) is 10.7 Å². The van der Waals surface area contributed by atoms with Crippen molar-refractivity contribution in [2.24, 2.45) is 4.99 Å². The highest BCUT2D eigenvalue weighted by atomic mass is 79.9. The van der Waals surface area contributed by atoms with E-state index in [1.807, 2.05) is 24.4 Å². The van der Waals surface area contributed by atoms with Crippen molar-refractivity contribution in [1.29, 1.82) is 0 Å². The maximum atomic E-state index is 4.36. The fourth-order valence-corrected chi connectivity index (χ4v) is 1.96. The molecule has 1 aromatic rings. The third-order valence-electron chi connectivity index (χ3n) is 2.27. The third kappa shape index (κ3) is 2.18. The molecule has 0 radical (unpaired) electrons. The summed E-state index contributed by atoms with van der Waals surface area (Å²) in [7, 11) is 0. The molecule has 0 aromatic heterocycles. The lowest BCUT2D eigenvalue weighted by Gasteiger charge is -2.15. The third-order valence-corrected chi connectivity index (χ3v) is 2.93. The van der Waals surface area contributed by atoms with Gasteiger partial charge in [-0.3, -0.25) is 4.99 Å². The van der Waals surface area contributed by atoms with Crippen molar-refractivity contribution in [1.82, 2.24) is 5.32 Å². The van der Waals surface area contributed by atoms with E-state index in [-0.39, 0.29) is 6.04 Å². The second kappa shape index (κ2) is 4.45. The summed E-state index contributed by atoms with van der Waals surface area (Å²) in [6.07, 6.45) is 5.44. The molecule has 3 heteroatoms. The lowest BCUT2D eigenvalue weighted by Crippen LogP contribution is -2.11. The molecule has 0 saturated heterocycles. The molecule has 1 atom stereocenters. The summed E-state index contributed by atoms with van der Waals surface area (Å²) >= 11 is 3.49. The predicted molar refractivity (Wildman–Crippen MR) is 67.9 cm³/mol. The molecule has 1 unspecified atom stereocenters. The molecular formula is C12H11BrN2. The molecule has 2 rings (SSSR count). The van der Waals surface area contributed by atoms with Crippen LogP contribution in [0.4, 0.5) is 0 Å². The van der Waals surface area contributed by atoms with Gasteiger partial charge in [-0.25, -0.2) is 0 Å². The van der Waals surface area contributed by atoms with E-state index in [4.69, 9.17) is 0 Å². The molecule has 0 bridgehead atoms. The number of benzene rings is 1. The first kappa shape index (κ1) is 10.2. The summed E-state index contributed by atoms with van der Waals surface area (Å²) in [5, 5.41) is 2.94. The Morgan fingerprint density at radius 1 is 1.33 bits per heavy atom. The quantitative estimate of drug-likeness (QED) is 0.870. The summed E-state index contributed by atoms with van der Waals surface area (Å²) in [6, 6.07) is 8.30. The van der Waals surface area contributed by atoms with Crippen molar-refractivity contribution in [2.75, 3.05) is 0 Å². The largest absolute Gasteiger partial charge is 0.352 e. The minimum atomic E-state index is 0.0742. The van der Waals surface area contributed by atoms with E-state index in [2.05, 4.69) is 45.0 Å². The summed E-state index contributed by atoms with van der Waals surface area (Å²) in [5.41, 5.74) is 2.29. The van der Waals surface area contributed by atoms with Crippen LogP contribution in [0.2, 0.25) is 0 Å². The van der Waals surface area contributed by atoms with Crippen LogP contribution in [0, 0.1) is 0 Å². The van der Waals surface area contributed by atoms with Crippen molar-refractivity contribution in [3.05, 3.63) is 52.7 Å². The normalized spacial score (nSPS) is 19.3. The molecular weight excluding hydrogens is 252 g/mol. The van der Waals surface area contributed by atoms with Crippen molar-refractivity contribution in [3.63, 3.8) is 0 Å². The molecule has 1 aromatic carbocycles. The van der Waals surface area contributed by atoms with Gasteiger partial charge in [0.05, 0.1) is 6.34 Å². The van der Waals surface area contributed by atoms with Crippen LogP contribution in [-0.2, 0) is 0 Å². The van der Waals surface area contributed by atoms with Gasteiger partial charge in [-0.1, -0.05) is 52.9 Å². The Morgan fingerprint density at radius 3 is 2.67 bits per heavy atom. The zero-order valence-corrected chi connectivity index (χ0v) is 9.74. The van der Waals surface area contributed by atoms with Gasteiger partial charge in [0.2, 0.25) is 0 Å². The molecule has 0 amide bonds. The van der Waals surface area contributed by atoms with Crippen molar-refractivity contribution >= 4 is 28.3 Å². The molecule has 76 valence electrons. The van der Waals surface area contributed by atoms with Gasteiger partial charge < -0.3 is 5.32 Å². The van der Waals surface area contributed by atoms with Gasteiger partial charge in [-0.05, 0) is 11.1 Å². The van der Waals surface area contributed by atoms with Crippen molar-refractivity contribution < 1.29 is 0 Å². The number of nitrogens with zero attached hydrogens (tertiary/aromatic N) is 1. The minimum absolute atomic E-state index is 0.0742. The Kier molecular flexibility index (Phi) is 3.02. The van der Waals surface area contributed by atoms with E-state index in [1.54, 1.807) is 6.34 Å². The smallest absolute Gasteiger partial charge is 0.109 e. The summed E-state index contributed by atoms with van der Waals surface area (Å²) < 4.78 is 1.04. The zero-order chi connectivity index (χ0) is 10.7. The summed E-state index contributed by atoms with van der Waals surface area (Å²) in [5.74, 6) is 0. The van der Waals surface area contributed by atoms with E-state index in [0.717, 1.165) is 10.0 Å². The fourth-order valence-electron chi connectivity index (χ4n) is 1.44. The van der Waals surface area contributed by atoms with E-state index < -0.39 is 0 Å². The van der Waals surface area contributed by atoms with Gasteiger partial charge in [0.1, 0.15) is 6.04 Å². The molecule has 0 saturated carbocycles. The van der Waals surface area contributed by atoms with Crippen LogP contribution >= 0.6 is 15.9 Å². The molecule has 0 spiro atoms. The molecule has 1 aliphatic rings. The van der Waals surface area contributed by atoms with Crippen molar-refractivity contribution in [3.8, 4) is 0 Å². The highest BCUT2D eigenvalue weighted by molar-refractivity contribution is 9.11. The van der Waals surface area contributed by atoms with E-state index in [1.165, 1.54) is 5.56 Å². The Hall–Kier alpha value is -1.35. The Morgan fingerprint density at radius 2 is 2.07 bits per heavy atom. The minimum Gasteiger partial charge on any atom is -0.352 e. The monoisotopic (exact) mass is 262 g/mol. The number of hydrogen-bond donors (Lipinski definition) is 1. The van der Waals surface area contributed by atoms with Gasteiger partial charge in [-0.2, -0.15) is 0 Å². The molecule has 1 aliphatic heterocycles. The Balaban J connectivity index is 2.29. The van der Waals surface area contributed by atoms with Crippen LogP contribution in [-0.4, -0.2) is 6.34 Å². The molecule has 0 fully saturated rings. The standard InChI is InChI=1S/C12H11BrN2/c1-2-9-3-5-10(6-4-9)12-11(13)7-14-8-15-12/h2-8,12H,1H2,(H,14,15). The van der Waals surface area contributed by atoms with Crippen LogP contribution < -0.4 is 5.32 Å². The van der Waals surface area contributed by atoms with Gasteiger partial charge in [-0.15, -0.1) is 0 Å². The van der Waals surface area contributed by atoms with Crippen molar-refractivity contribution in [2.45, 2.75) is 6.04 Å². The van der Waals surface area contributed by atoms with Crippen LogP contribution in [0.15, 0.2) is 46.5 Å².